The number of nitrogens with zero attached hydrogens (tertiary/aromatic N) is 9. The minimum atomic E-state index is -2.81. The number of aromatic nitrogens is 6. The summed E-state index contributed by atoms with van der Waals surface area (Å²) < 4.78 is 12.6. The van der Waals surface area contributed by atoms with Crippen molar-refractivity contribution < 1.29 is 0 Å². The first-order valence-electron chi connectivity index (χ1n) is 5.99. The van der Waals surface area contributed by atoms with Crippen LogP contribution in [0.3, 0.4) is 0 Å². The van der Waals surface area contributed by atoms with Gasteiger partial charge in [-0.25, -0.2) is 0 Å². The molecule has 18 heteroatoms. The molecule has 0 saturated carbocycles. The van der Waals surface area contributed by atoms with E-state index in [-0.39, 0.29) is 35.7 Å². The molecule has 3 rings (SSSR count). The number of nitrogen functional groups attached to an aromatic ring is 4. The summed E-state index contributed by atoms with van der Waals surface area (Å²) >= 11 is 0. The van der Waals surface area contributed by atoms with Gasteiger partial charge in [-0.1, -0.05) is 0 Å². The van der Waals surface area contributed by atoms with E-state index in [0.29, 0.717) is 17.0 Å². The highest BCUT2D eigenvalue weighted by atomic mass is 31.2. The number of nitrogens with one attached hydrogen (secondary N) is 2. The van der Waals surface area contributed by atoms with Crippen LogP contribution in [0.1, 0.15) is 0 Å². The van der Waals surface area contributed by atoms with Crippen molar-refractivity contribution in [3.63, 3.8) is 0 Å². The summed E-state index contributed by atoms with van der Waals surface area (Å²) in [6.45, 7) is 0. The van der Waals surface area contributed by atoms with Crippen LogP contribution in [0.5, 0.6) is 0 Å². The van der Waals surface area contributed by atoms with Crippen LogP contribution in [0, 0.1) is 0 Å². The Morgan fingerprint density at radius 2 is 1.12 bits per heavy atom. The van der Waals surface area contributed by atoms with Crippen molar-refractivity contribution in [2.24, 2.45) is 13.5 Å². The third kappa shape index (κ3) is 3.77. The molecule has 0 saturated heterocycles. The average molecular weight is 385 g/mol. The van der Waals surface area contributed by atoms with Crippen LogP contribution in [0.15, 0.2) is 13.5 Å². The quantitative estimate of drug-likeness (QED) is 0.403. The van der Waals surface area contributed by atoms with Gasteiger partial charge in [0.25, 0.3) is 7.51 Å². The third-order valence-corrected chi connectivity index (χ3v) is 6.65. The topological polar surface area (TPSA) is 243 Å². The lowest BCUT2D eigenvalue weighted by molar-refractivity contribution is 1.08. The summed E-state index contributed by atoms with van der Waals surface area (Å²) in [7, 11) is -1.91. The zero-order valence-corrected chi connectivity index (χ0v) is 14.4. The highest BCUT2D eigenvalue weighted by molar-refractivity contribution is 7.74. The molecule has 3 heterocycles. The number of nitrogens with two attached hydrogens (primary N) is 4. The largest absolute Gasteiger partial charge is 0.368 e. The SMILES string of the molecule is Nc1nc(N)nc(NP2(Nc3nc(N)nc(N)n3)=NP=NP=N2)n1. The molecule has 24 heavy (non-hydrogen) atoms. The van der Waals surface area contributed by atoms with Crippen LogP contribution in [0.2, 0.25) is 0 Å². The second-order valence-electron chi connectivity index (χ2n) is 4.02. The minimum absolute atomic E-state index is 0.0476. The van der Waals surface area contributed by atoms with Crippen LogP contribution < -0.4 is 33.1 Å². The lowest BCUT2D eigenvalue weighted by Gasteiger charge is -2.21. The molecule has 0 aliphatic carbocycles. The molecule has 0 radical (unpaired) electrons. The Hall–Kier alpha value is -2.75. The average Bonchev–Trinajstić information content (AvgIpc) is 2.45. The van der Waals surface area contributed by atoms with Gasteiger partial charge in [0.15, 0.2) is 17.0 Å². The van der Waals surface area contributed by atoms with Crippen LogP contribution in [0.4, 0.5) is 35.7 Å². The van der Waals surface area contributed by atoms with Crippen molar-refractivity contribution in [3.8, 4) is 0 Å². The molecule has 0 aromatic carbocycles. The molecule has 2 aromatic rings. The Bertz CT molecular complexity index is 793. The molecule has 0 unspecified atom stereocenters. The number of rotatable bonds is 4. The Morgan fingerprint density at radius 1 is 0.667 bits per heavy atom. The molecule has 10 N–H and O–H groups in total. The summed E-state index contributed by atoms with van der Waals surface area (Å²) in [5.74, 6) is -0.00402. The van der Waals surface area contributed by atoms with Crippen molar-refractivity contribution in [3.05, 3.63) is 0 Å². The fourth-order valence-electron chi connectivity index (χ4n) is 1.50. The summed E-state index contributed by atoms with van der Waals surface area (Å²) in [5.41, 5.74) is 22.2. The first-order chi connectivity index (χ1) is 11.4. The molecular weight excluding hydrogens is 375 g/mol. The van der Waals surface area contributed by atoms with Gasteiger partial charge in [-0.15, -0.1) is 0 Å². The van der Waals surface area contributed by atoms with Gasteiger partial charge in [0.1, 0.15) is 0 Å². The maximum Gasteiger partial charge on any atom is 0.277 e. The van der Waals surface area contributed by atoms with E-state index in [1.807, 2.05) is 0 Å². The fraction of sp³-hybridized carbons (Fsp3) is 0. The van der Waals surface area contributed by atoms with Gasteiger partial charge >= 0.3 is 0 Å². The Balaban J connectivity index is 1.98. The Morgan fingerprint density at radius 3 is 1.50 bits per heavy atom. The summed E-state index contributed by atoms with van der Waals surface area (Å²) in [6, 6.07) is 0. The molecule has 15 nitrogen and oxygen atoms in total. The highest BCUT2D eigenvalue weighted by Gasteiger charge is 2.24. The van der Waals surface area contributed by atoms with Crippen molar-refractivity contribution in [2.45, 2.75) is 0 Å². The van der Waals surface area contributed by atoms with E-state index < -0.39 is 7.51 Å². The molecule has 0 atom stereocenters. The zero-order chi connectivity index (χ0) is 17.2. The maximum absolute atomic E-state index is 5.56. The van der Waals surface area contributed by atoms with E-state index in [4.69, 9.17) is 22.9 Å². The smallest absolute Gasteiger partial charge is 0.277 e. The van der Waals surface area contributed by atoms with Gasteiger partial charge in [-0.05, 0) is 0 Å². The van der Waals surface area contributed by atoms with Crippen molar-refractivity contribution in [1.82, 2.24) is 29.9 Å². The van der Waals surface area contributed by atoms with Gasteiger partial charge in [-0.2, -0.15) is 43.5 Å². The van der Waals surface area contributed by atoms with Crippen molar-refractivity contribution >= 4 is 60.2 Å². The van der Waals surface area contributed by atoms with E-state index in [1.54, 1.807) is 0 Å². The van der Waals surface area contributed by atoms with Gasteiger partial charge in [0.2, 0.25) is 35.7 Å². The minimum Gasteiger partial charge on any atom is -0.368 e. The van der Waals surface area contributed by atoms with Crippen molar-refractivity contribution in [2.75, 3.05) is 33.1 Å². The Labute approximate surface area is 137 Å². The van der Waals surface area contributed by atoms with E-state index in [9.17, 15) is 0 Å². The van der Waals surface area contributed by atoms with Crippen LogP contribution in [-0.4, -0.2) is 29.9 Å². The zero-order valence-electron chi connectivity index (χ0n) is 11.7. The third-order valence-electron chi connectivity index (χ3n) is 2.27. The highest BCUT2D eigenvalue weighted by Crippen LogP contribution is 2.56. The van der Waals surface area contributed by atoms with Gasteiger partial charge in [0.05, 0.1) is 0 Å². The lowest BCUT2D eigenvalue weighted by atomic mass is 10.8. The molecule has 1 aliphatic rings. The van der Waals surface area contributed by atoms with E-state index in [1.165, 1.54) is 0 Å². The summed E-state index contributed by atoms with van der Waals surface area (Å²) in [4.78, 5) is 23.2. The second-order valence-corrected chi connectivity index (χ2v) is 8.18. The monoisotopic (exact) mass is 385 g/mol. The predicted molar refractivity (Wildman–Crippen MR) is 92.6 cm³/mol. The van der Waals surface area contributed by atoms with Gasteiger partial charge in [0, 0.05) is 0 Å². The first-order valence-corrected chi connectivity index (χ1v) is 9.28. The normalized spacial score (nSPS) is 16.2. The molecule has 1 aliphatic heterocycles. The molecular formula is C6H10N15P3. The molecule has 0 bridgehead atoms. The summed E-state index contributed by atoms with van der Waals surface area (Å²) in [5, 5.41) is 5.90. The van der Waals surface area contributed by atoms with Crippen LogP contribution >= 0.6 is 24.6 Å². The standard InChI is InChI=1S/C6H10N15P3/c7-1-11-2(8)14-5(13-1)17-24(20-22-19-23-21-24)18-6-15-3(9)12-4(10)16-6/h(H5,7,8,11,13,14,17)(H5,9,10,12,15,16,18). The van der Waals surface area contributed by atoms with E-state index in [2.05, 4.69) is 53.6 Å². The molecule has 124 valence electrons. The van der Waals surface area contributed by atoms with E-state index in [0.717, 1.165) is 0 Å². The second kappa shape index (κ2) is 6.40. The first kappa shape index (κ1) is 16.1. The van der Waals surface area contributed by atoms with Gasteiger partial charge in [-0.3, -0.25) is 10.2 Å². The van der Waals surface area contributed by atoms with E-state index >= 15 is 0 Å². The predicted octanol–water partition coefficient (Wildman–Crippen LogP) is 0.959. The summed E-state index contributed by atoms with van der Waals surface area (Å²) in [6.07, 6.45) is 0. The number of hydrogen-bond acceptors (Lipinski definition) is 15. The maximum atomic E-state index is 5.56. The Kier molecular flexibility index (Phi) is 4.30. The number of hydrogen-bond donors (Lipinski definition) is 6. The fourth-order valence-corrected chi connectivity index (χ4v) is 5.50. The molecule has 2 aromatic heterocycles. The van der Waals surface area contributed by atoms with Gasteiger partial charge < -0.3 is 22.9 Å². The number of anilines is 6. The molecule has 0 amide bonds. The molecule has 0 fully saturated rings. The van der Waals surface area contributed by atoms with Crippen LogP contribution in [0.25, 0.3) is 0 Å². The van der Waals surface area contributed by atoms with Crippen LogP contribution in [-0.2, 0) is 0 Å². The lowest BCUT2D eigenvalue weighted by Crippen LogP contribution is -2.13. The van der Waals surface area contributed by atoms with Crippen molar-refractivity contribution in [1.29, 1.82) is 0 Å². The molecule has 0 spiro atoms.